The molecule has 1 heterocycles. The molecule has 0 saturated heterocycles. The van der Waals surface area contributed by atoms with Gasteiger partial charge in [0.15, 0.2) is 0 Å². The minimum atomic E-state index is 0.0486. The molecule has 2 rings (SSSR count). The highest BCUT2D eigenvalue weighted by Crippen LogP contribution is 2.37. The Morgan fingerprint density at radius 1 is 0.605 bits per heavy atom. The van der Waals surface area contributed by atoms with Crippen LogP contribution in [-0.2, 0) is 0 Å². The molecule has 0 saturated carbocycles. The van der Waals surface area contributed by atoms with Crippen molar-refractivity contribution in [2.75, 3.05) is 6.26 Å². The van der Waals surface area contributed by atoms with Gasteiger partial charge in [-0.05, 0) is 60.1 Å². The zero-order valence-electron chi connectivity index (χ0n) is 29.1. The van der Waals surface area contributed by atoms with Crippen molar-refractivity contribution in [3.63, 3.8) is 0 Å². The van der Waals surface area contributed by atoms with Gasteiger partial charge in [-0.15, -0.1) is 23.1 Å². The molecule has 43 heavy (non-hydrogen) atoms. The highest BCUT2D eigenvalue weighted by molar-refractivity contribution is 8.03. The second kappa shape index (κ2) is 21.8. The summed E-state index contributed by atoms with van der Waals surface area (Å²) in [4.78, 5) is 27.2. The van der Waals surface area contributed by atoms with Crippen LogP contribution >= 0.6 is 23.1 Å². The van der Waals surface area contributed by atoms with Crippen LogP contribution in [0.25, 0.3) is 0 Å². The zero-order chi connectivity index (χ0) is 31.6. The quantitative estimate of drug-likeness (QED) is 0.101. The number of ketones is 2. The summed E-state index contributed by atoms with van der Waals surface area (Å²) in [6.45, 7) is 14.5. The van der Waals surface area contributed by atoms with E-state index in [9.17, 15) is 9.59 Å². The van der Waals surface area contributed by atoms with Gasteiger partial charge in [0.05, 0.1) is 9.78 Å². The smallest absolute Gasteiger partial charge is 0.201 e. The van der Waals surface area contributed by atoms with Crippen molar-refractivity contribution in [2.24, 2.45) is 29.6 Å². The molecular formula is C39H66O2S2. The summed E-state index contributed by atoms with van der Waals surface area (Å²) in [5, 5.41) is 1.87. The van der Waals surface area contributed by atoms with Crippen molar-refractivity contribution in [3.8, 4) is 0 Å². The van der Waals surface area contributed by atoms with Crippen LogP contribution in [0, 0.1) is 29.6 Å². The third kappa shape index (κ3) is 14.4. The molecule has 4 heteroatoms. The average Bonchev–Trinajstić information content (AvgIpc) is 3.47. The van der Waals surface area contributed by atoms with Gasteiger partial charge in [-0.25, -0.2) is 0 Å². The molecule has 0 bridgehead atoms. The van der Waals surface area contributed by atoms with Crippen molar-refractivity contribution < 1.29 is 9.59 Å². The summed E-state index contributed by atoms with van der Waals surface area (Å²) in [6.07, 6.45) is 27.1. The first-order valence-corrected chi connectivity index (χ1v) is 20.2. The maximum atomic E-state index is 13.0. The predicted octanol–water partition coefficient (Wildman–Crippen LogP) is 13.4. The lowest BCUT2D eigenvalue weighted by Crippen LogP contribution is -2.19. The number of carbonyl (C=O) groups excluding carboxylic acids is 2. The highest BCUT2D eigenvalue weighted by atomic mass is 32.2. The number of rotatable bonds is 25. The van der Waals surface area contributed by atoms with E-state index >= 15 is 0 Å². The number of hydrogen-bond acceptors (Lipinski definition) is 4. The molecule has 0 amide bonds. The van der Waals surface area contributed by atoms with Gasteiger partial charge in [0.1, 0.15) is 0 Å². The van der Waals surface area contributed by atoms with Crippen LogP contribution in [0.15, 0.2) is 21.9 Å². The van der Waals surface area contributed by atoms with E-state index in [1.54, 1.807) is 6.07 Å². The first kappa shape index (κ1) is 38.3. The van der Waals surface area contributed by atoms with Crippen LogP contribution < -0.4 is 0 Å². The first-order valence-electron chi connectivity index (χ1n) is 18.1. The number of hydrogen-bond donors (Lipinski definition) is 0. The number of carbonyl (C=O) groups is 2. The summed E-state index contributed by atoms with van der Waals surface area (Å²) in [7, 11) is 0. The third-order valence-corrected chi connectivity index (χ3v) is 11.8. The van der Waals surface area contributed by atoms with Gasteiger partial charge in [0.2, 0.25) is 11.6 Å². The summed E-state index contributed by atoms with van der Waals surface area (Å²) in [5.74, 6) is 4.20. The van der Waals surface area contributed by atoms with E-state index in [0.717, 1.165) is 42.1 Å². The fourth-order valence-electron chi connectivity index (χ4n) is 6.90. The lowest BCUT2D eigenvalue weighted by molar-refractivity contribution is 0.0981. The Morgan fingerprint density at radius 2 is 1.05 bits per heavy atom. The van der Waals surface area contributed by atoms with Gasteiger partial charge in [-0.1, -0.05) is 151 Å². The lowest BCUT2D eigenvalue weighted by Gasteiger charge is -2.19. The molecule has 5 unspecified atom stereocenters. The minimum absolute atomic E-state index is 0.0486. The molecule has 0 radical (unpaired) electrons. The Kier molecular flexibility index (Phi) is 19.4. The largest absolute Gasteiger partial charge is 0.288 e. The Morgan fingerprint density at radius 3 is 1.49 bits per heavy atom. The molecule has 1 aliphatic carbocycles. The SMILES string of the molecule is CCCCCCC(C)CCCC(C)CCCC(C)CCCC(C)CCCC(C)CCC1=C(SC)C(=O)c2ccsc2C1=O. The molecule has 0 aliphatic heterocycles. The van der Waals surface area contributed by atoms with Gasteiger partial charge < -0.3 is 0 Å². The van der Waals surface area contributed by atoms with Crippen molar-refractivity contribution in [3.05, 3.63) is 32.4 Å². The molecule has 1 aliphatic rings. The normalized spacial score (nSPS) is 17.2. The van der Waals surface area contributed by atoms with E-state index in [-0.39, 0.29) is 11.6 Å². The molecule has 1 aromatic heterocycles. The molecular weight excluding hydrogens is 565 g/mol. The van der Waals surface area contributed by atoms with Crippen LogP contribution in [0.4, 0.5) is 0 Å². The number of unbranched alkanes of at least 4 members (excludes halogenated alkanes) is 3. The molecule has 0 fully saturated rings. The molecule has 2 nitrogen and oxygen atoms in total. The van der Waals surface area contributed by atoms with E-state index in [1.165, 1.54) is 132 Å². The van der Waals surface area contributed by atoms with Gasteiger partial charge >= 0.3 is 0 Å². The van der Waals surface area contributed by atoms with E-state index in [2.05, 4.69) is 41.5 Å². The highest BCUT2D eigenvalue weighted by Gasteiger charge is 2.32. The minimum Gasteiger partial charge on any atom is -0.288 e. The molecule has 1 aromatic rings. The maximum Gasteiger partial charge on any atom is 0.201 e. The van der Waals surface area contributed by atoms with Gasteiger partial charge in [0, 0.05) is 11.1 Å². The monoisotopic (exact) mass is 630 g/mol. The number of Topliss-reactive ketones (excluding diaryl/α,β-unsaturated/α-hetero) is 2. The number of fused-ring (bicyclic) bond motifs is 1. The van der Waals surface area contributed by atoms with Crippen molar-refractivity contribution >= 4 is 34.7 Å². The van der Waals surface area contributed by atoms with Crippen LogP contribution in [-0.4, -0.2) is 17.8 Å². The Bertz CT molecular complexity index is 960. The van der Waals surface area contributed by atoms with E-state index in [0.29, 0.717) is 21.3 Å². The van der Waals surface area contributed by atoms with Gasteiger partial charge in [0.25, 0.3) is 0 Å². The standard InChI is InChI=1S/C39H66O2S2/c1-8-9-10-11-16-29(2)17-12-18-30(3)19-13-20-31(4)21-14-22-32(5)23-15-24-33(6)25-26-34-37(41)39-35(27-28-43-39)36(40)38(34)42-7/h27-33H,8-26H2,1-7H3. The molecule has 246 valence electrons. The van der Waals surface area contributed by atoms with Crippen LogP contribution in [0.3, 0.4) is 0 Å². The van der Waals surface area contributed by atoms with Crippen LogP contribution in [0.5, 0.6) is 0 Å². The fourth-order valence-corrected chi connectivity index (χ4v) is 8.49. The Labute approximate surface area is 275 Å². The number of thiophene rings is 1. The van der Waals surface area contributed by atoms with E-state index < -0.39 is 0 Å². The van der Waals surface area contributed by atoms with Crippen molar-refractivity contribution in [1.29, 1.82) is 0 Å². The van der Waals surface area contributed by atoms with Crippen molar-refractivity contribution in [1.82, 2.24) is 0 Å². The second-order valence-electron chi connectivity index (χ2n) is 14.5. The van der Waals surface area contributed by atoms with Crippen LogP contribution in [0.1, 0.15) is 184 Å². The maximum absolute atomic E-state index is 13.0. The first-order chi connectivity index (χ1) is 20.7. The van der Waals surface area contributed by atoms with Crippen LogP contribution in [0.2, 0.25) is 0 Å². The van der Waals surface area contributed by atoms with Gasteiger partial charge in [-0.3, -0.25) is 9.59 Å². The van der Waals surface area contributed by atoms with Gasteiger partial charge in [-0.2, -0.15) is 0 Å². The lowest BCUT2D eigenvalue weighted by atomic mass is 9.88. The predicted molar refractivity (Wildman–Crippen MR) is 193 cm³/mol. The molecule has 5 atom stereocenters. The summed E-state index contributed by atoms with van der Waals surface area (Å²) < 4.78 is 0. The Balaban J connectivity index is 1.50. The topological polar surface area (TPSA) is 34.1 Å². The summed E-state index contributed by atoms with van der Waals surface area (Å²) in [6, 6.07) is 1.80. The van der Waals surface area contributed by atoms with Crippen molar-refractivity contribution in [2.45, 2.75) is 164 Å². The number of allylic oxidation sites excluding steroid dienone is 2. The fraction of sp³-hybridized carbons (Fsp3) is 0.795. The second-order valence-corrected chi connectivity index (χ2v) is 16.2. The molecule has 0 N–H and O–H groups in total. The molecule has 0 spiro atoms. The Hall–Kier alpha value is -0.870. The van der Waals surface area contributed by atoms with E-state index in [4.69, 9.17) is 0 Å². The average molecular weight is 631 g/mol. The number of thioether (sulfide) groups is 1. The molecule has 0 aromatic carbocycles. The zero-order valence-corrected chi connectivity index (χ0v) is 30.7. The van der Waals surface area contributed by atoms with E-state index in [1.807, 2.05) is 11.6 Å². The summed E-state index contributed by atoms with van der Waals surface area (Å²) >= 11 is 2.85. The third-order valence-electron chi connectivity index (χ3n) is 10.1. The summed E-state index contributed by atoms with van der Waals surface area (Å²) in [5.41, 5.74) is 1.36.